The van der Waals surface area contributed by atoms with Gasteiger partial charge in [0.1, 0.15) is 17.1 Å². The van der Waals surface area contributed by atoms with E-state index in [9.17, 15) is 31.5 Å². The third kappa shape index (κ3) is 3.87. The van der Waals surface area contributed by atoms with E-state index in [0.717, 1.165) is 30.3 Å². The lowest BCUT2D eigenvalue weighted by atomic mass is 10.0. The Bertz CT molecular complexity index is 1190. The molecule has 0 radical (unpaired) electrons. The van der Waals surface area contributed by atoms with Gasteiger partial charge in [-0.3, -0.25) is 0 Å². The van der Waals surface area contributed by atoms with Gasteiger partial charge in [-0.1, -0.05) is 12.1 Å². The van der Waals surface area contributed by atoms with E-state index in [1.165, 1.54) is 18.2 Å². The zero-order chi connectivity index (χ0) is 21.3. The van der Waals surface area contributed by atoms with Crippen LogP contribution in [-0.2, 0) is 10.9 Å². The lowest BCUT2D eigenvalue weighted by Gasteiger charge is -2.19. The Morgan fingerprint density at radius 1 is 0.897 bits per heavy atom. The van der Waals surface area contributed by atoms with Crippen molar-refractivity contribution < 1.29 is 36.6 Å². The highest BCUT2D eigenvalue weighted by molar-refractivity contribution is 7.74. The minimum atomic E-state index is -3.34. The number of hydrogen-bond acceptors (Lipinski definition) is 4. The lowest BCUT2D eigenvalue weighted by Crippen LogP contribution is -2.14. The monoisotopic (exact) mass is 423 g/mol. The topological polar surface area (TPSA) is 94.9 Å². The van der Waals surface area contributed by atoms with Crippen molar-refractivity contribution in [3.63, 3.8) is 0 Å². The second-order valence-electron chi connectivity index (χ2n) is 5.82. The van der Waals surface area contributed by atoms with Crippen LogP contribution in [-0.4, -0.2) is 24.6 Å². The highest BCUT2D eigenvalue weighted by Gasteiger charge is 2.20. The first-order valence-corrected chi connectivity index (χ1v) is 9.08. The fraction of sp³-hybridized carbons (Fsp3) is 0. The molecule has 0 aliphatic carbocycles. The van der Waals surface area contributed by atoms with Crippen LogP contribution in [0.3, 0.4) is 0 Å². The normalized spacial score (nSPS) is 10.9. The molecule has 3 aromatic carbocycles. The van der Waals surface area contributed by atoms with E-state index in [2.05, 4.69) is 0 Å². The zero-order valence-electron chi connectivity index (χ0n) is 14.3. The smallest absolute Gasteiger partial charge is 0.339 e. The van der Waals surface area contributed by atoms with Crippen molar-refractivity contribution in [1.29, 1.82) is 0 Å². The Labute approximate surface area is 164 Å². The standard InChI is InChI=1S/C19H12F3NO5S/c20-14-6-7-15(21)18(22)17(14)10-2-1-3-11(8-10)23(29(27)28)12-4-5-13(19(25)26)16(24)9-12/h1-9,24,29H,(H,25,26). The molecule has 0 saturated carbocycles. The number of anilines is 2. The number of aromatic carboxylic acids is 1. The first kappa shape index (κ1) is 20.2. The molecule has 0 unspecified atom stereocenters. The molecule has 0 amide bonds. The largest absolute Gasteiger partial charge is 0.507 e. The fourth-order valence-electron chi connectivity index (χ4n) is 2.76. The summed E-state index contributed by atoms with van der Waals surface area (Å²) in [6.07, 6.45) is 0. The van der Waals surface area contributed by atoms with Crippen molar-refractivity contribution in [2.24, 2.45) is 0 Å². The molecule has 150 valence electrons. The van der Waals surface area contributed by atoms with Crippen LogP contribution in [0.15, 0.2) is 54.6 Å². The summed E-state index contributed by atoms with van der Waals surface area (Å²) in [6, 6.07) is 9.46. The van der Waals surface area contributed by atoms with Crippen LogP contribution < -0.4 is 4.31 Å². The van der Waals surface area contributed by atoms with Crippen LogP contribution in [0.1, 0.15) is 10.4 Å². The average molecular weight is 423 g/mol. The molecular formula is C19H12F3NO5S. The quantitative estimate of drug-likeness (QED) is 0.428. The maximum absolute atomic E-state index is 14.1. The molecule has 2 N–H and O–H groups in total. The van der Waals surface area contributed by atoms with E-state index < -0.39 is 51.2 Å². The minimum absolute atomic E-state index is 0.0656. The Kier molecular flexibility index (Phi) is 5.46. The molecule has 0 aliphatic rings. The van der Waals surface area contributed by atoms with E-state index in [4.69, 9.17) is 5.11 Å². The van der Waals surface area contributed by atoms with Gasteiger partial charge in [0.15, 0.2) is 11.6 Å². The maximum atomic E-state index is 14.1. The lowest BCUT2D eigenvalue weighted by molar-refractivity contribution is 0.0693. The van der Waals surface area contributed by atoms with Crippen LogP contribution in [0.4, 0.5) is 24.5 Å². The molecule has 0 fully saturated rings. The molecule has 0 heterocycles. The van der Waals surface area contributed by atoms with Crippen molar-refractivity contribution in [2.75, 3.05) is 4.31 Å². The molecule has 0 aromatic heterocycles. The highest BCUT2D eigenvalue weighted by Crippen LogP contribution is 2.34. The second kappa shape index (κ2) is 7.84. The number of carboxylic acids is 1. The third-order valence-corrected chi connectivity index (χ3v) is 4.83. The van der Waals surface area contributed by atoms with Gasteiger partial charge in [-0.2, -0.15) is 0 Å². The Morgan fingerprint density at radius 2 is 1.55 bits per heavy atom. The van der Waals surface area contributed by atoms with Crippen molar-refractivity contribution in [2.45, 2.75) is 0 Å². The van der Waals surface area contributed by atoms with Gasteiger partial charge in [0.05, 0.1) is 16.9 Å². The molecule has 3 aromatic rings. The van der Waals surface area contributed by atoms with Gasteiger partial charge in [-0.25, -0.2) is 30.7 Å². The van der Waals surface area contributed by atoms with Gasteiger partial charge < -0.3 is 10.2 Å². The van der Waals surface area contributed by atoms with Crippen LogP contribution in [0.5, 0.6) is 5.75 Å². The molecule has 0 aliphatic heterocycles. The number of halogens is 3. The van der Waals surface area contributed by atoms with E-state index in [-0.39, 0.29) is 16.9 Å². The number of phenols is 1. The van der Waals surface area contributed by atoms with Crippen molar-refractivity contribution >= 4 is 28.2 Å². The van der Waals surface area contributed by atoms with Crippen molar-refractivity contribution in [3.8, 4) is 16.9 Å². The van der Waals surface area contributed by atoms with Crippen molar-refractivity contribution in [1.82, 2.24) is 0 Å². The Balaban J connectivity index is 2.14. The summed E-state index contributed by atoms with van der Waals surface area (Å²) in [6.45, 7) is 0. The van der Waals surface area contributed by atoms with Crippen LogP contribution in [0, 0.1) is 17.5 Å². The second-order valence-corrected chi connectivity index (χ2v) is 6.70. The SMILES string of the molecule is O=C(O)c1ccc(N(c2cccc(-c3c(F)ccc(F)c3F)c2)[SH](=O)=O)cc1O. The summed E-state index contributed by atoms with van der Waals surface area (Å²) in [4.78, 5) is 11.0. The Hall–Kier alpha value is -3.53. The van der Waals surface area contributed by atoms with Crippen LogP contribution in [0.2, 0.25) is 0 Å². The van der Waals surface area contributed by atoms with Gasteiger partial charge in [0.2, 0.25) is 10.9 Å². The Morgan fingerprint density at radius 3 is 2.17 bits per heavy atom. The fourth-order valence-corrected chi connectivity index (χ4v) is 3.38. The van der Waals surface area contributed by atoms with Gasteiger partial charge in [-0.05, 0) is 42.0 Å². The number of hydrogen-bond donors (Lipinski definition) is 3. The summed E-state index contributed by atoms with van der Waals surface area (Å²) in [5, 5.41) is 18.8. The molecule has 29 heavy (non-hydrogen) atoms. The third-order valence-electron chi connectivity index (χ3n) is 4.04. The number of aromatic hydroxyl groups is 1. The summed E-state index contributed by atoms with van der Waals surface area (Å²) in [5.74, 6) is -5.82. The molecule has 0 bridgehead atoms. The van der Waals surface area contributed by atoms with E-state index >= 15 is 0 Å². The molecule has 0 saturated heterocycles. The number of nitrogens with zero attached hydrogens (tertiary/aromatic N) is 1. The predicted octanol–water partition coefficient (Wildman–Crippen LogP) is 3.84. The zero-order valence-corrected chi connectivity index (χ0v) is 15.2. The van der Waals surface area contributed by atoms with Gasteiger partial charge in [0, 0.05) is 6.07 Å². The van der Waals surface area contributed by atoms with E-state index in [1.807, 2.05) is 0 Å². The van der Waals surface area contributed by atoms with Crippen LogP contribution >= 0.6 is 0 Å². The molecular weight excluding hydrogens is 411 g/mol. The maximum Gasteiger partial charge on any atom is 0.339 e. The van der Waals surface area contributed by atoms with Gasteiger partial charge in [0.25, 0.3) is 0 Å². The number of benzene rings is 3. The van der Waals surface area contributed by atoms with Crippen LogP contribution in [0.25, 0.3) is 11.1 Å². The molecule has 10 heteroatoms. The van der Waals surface area contributed by atoms with Crippen molar-refractivity contribution in [3.05, 3.63) is 77.6 Å². The van der Waals surface area contributed by atoms with E-state index in [1.54, 1.807) is 0 Å². The number of rotatable bonds is 5. The molecule has 0 atom stereocenters. The summed E-state index contributed by atoms with van der Waals surface area (Å²) in [5.41, 5.74) is -1.40. The van der Waals surface area contributed by atoms with Gasteiger partial charge >= 0.3 is 5.97 Å². The first-order valence-electron chi connectivity index (χ1n) is 7.95. The molecule has 3 rings (SSSR count). The summed E-state index contributed by atoms with van der Waals surface area (Å²) < 4.78 is 66.0. The first-order chi connectivity index (χ1) is 13.7. The van der Waals surface area contributed by atoms with Gasteiger partial charge in [-0.15, -0.1) is 0 Å². The molecule has 0 spiro atoms. The predicted molar refractivity (Wildman–Crippen MR) is 99.3 cm³/mol. The summed E-state index contributed by atoms with van der Waals surface area (Å²) >= 11 is 0. The highest BCUT2D eigenvalue weighted by atomic mass is 32.2. The number of carboxylic acid groups (broad SMARTS) is 1. The van der Waals surface area contributed by atoms with E-state index in [0.29, 0.717) is 10.4 Å². The summed E-state index contributed by atoms with van der Waals surface area (Å²) in [7, 11) is -3.34. The number of carbonyl (C=O) groups is 1. The molecule has 6 nitrogen and oxygen atoms in total. The number of thiol groups is 1. The minimum Gasteiger partial charge on any atom is -0.507 e. The average Bonchev–Trinajstić information content (AvgIpc) is 2.65.